The number of benzene rings is 8. The van der Waals surface area contributed by atoms with Crippen LogP contribution in [-0.2, 0) is 0 Å². The number of rotatable bonds is 5. The molecule has 11 rings (SSSR count). The Balaban J connectivity index is 1.19. The number of aromatic nitrogens is 3. The maximum Gasteiger partial charge on any atom is 0.164 e. The zero-order valence-corrected chi connectivity index (χ0v) is 30.5. The molecule has 5 heteroatoms. The number of fused-ring (bicyclic) bond motifs is 7. The standard InChI is InChI=1S/C49H29N3S2/c1-2-14-31(15-3-1)34-20-11-25-42-44(34)45-40(23-12-26-43(45)53-42)49-51-47(33-28-27-30-13-4-5-16-32(30)29-33)50-48(52-49)39-19-7-6-17-35(39)37-21-10-22-38-36-18-8-9-24-41(36)54-46(37)38/h1-29H. The van der Waals surface area contributed by atoms with Crippen LogP contribution in [0.1, 0.15) is 0 Å². The van der Waals surface area contributed by atoms with Gasteiger partial charge in [0, 0.05) is 62.6 Å². The summed E-state index contributed by atoms with van der Waals surface area (Å²) in [6, 6.07) is 62.5. The fourth-order valence-corrected chi connectivity index (χ4v) is 10.2. The smallest absolute Gasteiger partial charge is 0.164 e. The van der Waals surface area contributed by atoms with Crippen LogP contribution in [0.4, 0.5) is 0 Å². The Labute approximate surface area is 319 Å². The van der Waals surface area contributed by atoms with E-state index >= 15 is 0 Å². The molecule has 0 saturated carbocycles. The van der Waals surface area contributed by atoms with Gasteiger partial charge >= 0.3 is 0 Å². The Bertz CT molecular complexity index is 3230. The minimum Gasteiger partial charge on any atom is -0.208 e. The third-order valence-electron chi connectivity index (χ3n) is 10.4. The molecular weight excluding hydrogens is 695 g/mol. The molecule has 3 nitrogen and oxygen atoms in total. The summed E-state index contributed by atoms with van der Waals surface area (Å²) in [5.41, 5.74) is 7.60. The highest BCUT2D eigenvalue weighted by molar-refractivity contribution is 7.26. The average molecular weight is 724 g/mol. The molecule has 0 bridgehead atoms. The first-order valence-electron chi connectivity index (χ1n) is 18.0. The molecule has 8 aromatic carbocycles. The van der Waals surface area contributed by atoms with Gasteiger partial charge in [-0.3, -0.25) is 0 Å². The van der Waals surface area contributed by atoms with Crippen molar-refractivity contribution < 1.29 is 0 Å². The lowest BCUT2D eigenvalue weighted by Crippen LogP contribution is -2.01. The molecule has 0 atom stereocenters. The molecule has 0 unspecified atom stereocenters. The van der Waals surface area contributed by atoms with Crippen LogP contribution in [0, 0.1) is 0 Å². The van der Waals surface area contributed by atoms with Crippen LogP contribution in [0.15, 0.2) is 176 Å². The van der Waals surface area contributed by atoms with E-state index < -0.39 is 0 Å². The number of hydrogen-bond donors (Lipinski definition) is 0. The number of hydrogen-bond acceptors (Lipinski definition) is 5. The minimum atomic E-state index is 0.649. The second-order valence-corrected chi connectivity index (χ2v) is 15.7. The van der Waals surface area contributed by atoms with Crippen molar-refractivity contribution in [1.82, 2.24) is 15.0 Å². The van der Waals surface area contributed by atoms with E-state index in [1.54, 1.807) is 0 Å². The maximum atomic E-state index is 5.40. The predicted molar refractivity (Wildman–Crippen MR) is 230 cm³/mol. The van der Waals surface area contributed by atoms with Crippen molar-refractivity contribution in [2.24, 2.45) is 0 Å². The minimum absolute atomic E-state index is 0.649. The summed E-state index contributed by atoms with van der Waals surface area (Å²) >= 11 is 3.65. The lowest BCUT2D eigenvalue weighted by atomic mass is 9.96. The van der Waals surface area contributed by atoms with Gasteiger partial charge in [-0.1, -0.05) is 152 Å². The molecule has 0 spiro atoms. The van der Waals surface area contributed by atoms with E-state index in [-0.39, 0.29) is 0 Å². The molecule has 0 aliphatic carbocycles. The van der Waals surface area contributed by atoms with Crippen molar-refractivity contribution in [2.75, 3.05) is 0 Å². The zero-order valence-electron chi connectivity index (χ0n) is 28.9. The molecule has 252 valence electrons. The molecule has 0 radical (unpaired) electrons. The van der Waals surface area contributed by atoms with Gasteiger partial charge in [0.05, 0.1) is 0 Å². The Morgan fingerprint density at radius 1 is 0.315 bits per heavy atom. The van der Waals surface area contributed by atoms with Crippen LogP contribution < -0.4 is 0 Å². The first-order valence-corrected chi connectivity index (χ1v) is 19.7. The Morgan fingerprint density at radius 2 is 0.889 bits per heavy atom. The summed E-state index contributed by atoms with van der Waals surface area (Å²) < 4.78 is 4.99. The van der Waals surface area contributed by atoms with E-state index in [1.165, 1.54) is 62.4 Å². The fourth-order valence-electron chi connectivity index (χ4n) is 7.86. The Kier molecular flexibility index (Phi) is 7.22. The highest BCUT2D eigenvalue weighted by atomic mass is 32.1. The van der Waals surface area contributed by atoms with Gasteiger partial charge in [0.2, 0.25) is 0 Å². The summed E-state index contributed by atoms with van der Waals surface area (Å²) in [5, 5.41) is 7.27. The van der Waals surface area contributed by atoms with E-state index in [9.17, 15) is 0 Å². The van der Waals surface area contributed by atoms with Crippen LogP contribution in [0.25, 0.3) is 108 Å². The van der Waals surface area contributed by atoms with Crippen molar-refractivity contribution in [1.29, 1.82) is 0 Å². The van der Waals surface area contributed by atoms with E-state index in [2.05, 4.69) is 176 Å². The van der Waals surface area contributed by atoms with Gasteiger partial charge in [0.15, 0.2) is 17.5 Å². The summed E-state index contributed by atoms with van der Waals surface area (Å²) in [7, 11) is 0. The van der Waals surface area contributed by atoms with Gasteiger partial charge in [0.25, 0.3) is 0 Å². The average Bonchev–Trinajstić information content (AvgIpc) is 3.82. The molecule has 0 amide bonds. The zero-order chi connectivity index (χ0) is 35.6. The molecular formula is C49H29N3S2. The first kappa shape index (κ1) is 31.0. The molecule has 0 N–H and O–H groups in total. The van der Waals surface area contributed by atoms with Gasteiger partial charge in [0.1, 0.15) is 0 Å². The van der Waals surface area contributed by atoms with Gasteiger partial charge in [-0.15, -0.1) is 22.7 Å². The lowest BCUT2D eigenvalue weighted by Gasteiger charge is -2.14. The lowest BCUT2D eigenvalue weighted by molar-refractivity contribution is 1.08. The van der Waals surface area contributed by atoms with Crippen LogP contribution in [-0.4, -0.2) is 15.0 Å². The summed E-state index contributed by atoms with van der Waals surface area (Å²) in [6.45, 7) is 0. The molecule has 3 heterocycles. The van der Waals surface area contributed by atoms with Crippen molar-refractivity contribution >= 4 is 73.8 Å². The highest BCUT2D eigenvalue weighted by Crippen LogP contribution is 2.45. The molecule has 0 fully saturated rings. The van der Waals surface area contributed by atoms with Gasteiger partial charge in [-0.05, 0) is 51.7 Å². The second kappa shape index (κ2) is 12.6. The fraction of sp³-hybridized carbons (Fsp3) is 0. The molecule has 54 heavy (non-hydrogen) atoms. The van der Waals surface area contributed by atoms with Crippen LogP contribution >= 0.6 is 22.7 Å². The highest BCUT2D eigenvalue weighted by Gasteiger charge is 2.21. The molecule has 11 aromatic rings. The van der Waals surface area contributed by atoms with E-state index in [4.69, 9.17) is 15.0 Å². The maximum absolute atomic E-state index is 5.40. The van der Waals surface area contributed by atoms with Gasteiger partial charge < -0.3 is 0 Å². The normalized spacial score (nSPS) is 11.7. The molecule has 0 aliphatic rings. The molecule has 0 saturated heterocycles. The van der Waals surface area contributed by atoms with Crippen LogP contribution in [0.5, 0.6) is 0 Å². The third-order valence-corrected chi connectivity index (χ3v) is 12.7. The topological polar surface area (TPSA) is 38.7 Å². The molecule has 3 aromatic heterocycles. The first-order chi connectivity index (χ1) is 26.8. The van der Waals surface area contributed by atoms with Crippen molar-refractivity contribution in [3.63, 3.8) is 0 Å². The van der Waals surface area contributed by atoms with E-state index in [1.807, 2.05) is 22.7 Å². The van der Waals surface area contributed by atoms with Crippen molar-refractivity contribution in [3.05, 3.63) is 176 Å². The second-order valence-electron chi connectivity index (χ2n) is 13.5. The number of thiophene rings is 2. The number of nitrogens with zero attached hydrogens (tertiary/aromatic N) is 3. The SMILES string of the molecule is c1ccc(-c2cccc3sc4cccc(-c5nc(-c6ccc7ccccc7c6)nc(-c6ccccc6-c6cccc7c6sc6ccccc67)n5)c4c23)cc1. The third kappa shape index (κ3) is 5.05. The van der Waals surface area contributed by atoms with Crippen LogP contribution in [0.2, 0.25) is 0 Å². The largest absolute Gasteiger partial charge is 0.208 e. The van der Waals surface area contributed by atoms with Crippen molar-refractivity contribution in [3.8, 4) is 56.4 Å². The monoisotopic (exact) mass is 723 g/mol. The Morgan fingerprint density at radius 3 is 1.74 bits per heavy atom. The Hall–Kier alpha value is -6.53. The van der Waals surface area contributed by atoms with Gasteiger partial charge in [-0.2, -0.15) is 0 Å². The van der Waals surface area contributed by atoms with Crippen molar-refractivity contribution in [2.45, 2.75) is 0 Å². The van der Waals surface area contributed by atoms with E-state index in [0.717, 1.165) is 27.6 Å². The van der Waals surface area contributed by atoms with E-state index in [0.29, 0.717) is 17.5 Å². The quantitative estimate of drug-likeness (QED) is 0.177. The molecule has 0 aliphatic heterocycles. The predicted octanol–water partition coefficient (Wildman–Crippen LogP) is 14.1. The summed E-state index contributed by atoms with van der Waals surface area (Å²) in [6.07, 6.45) is 0. The summed E-state index contributed by atoms with van der Waals surface area (Å²) in [5.74, 6) is 1.96. The van der Waals surface area contributed by atoms with Crippen LogP contribution in [0.3, 0.4) is 0 Å². The summed E-state index contributed by atoms with van der Waals surface area (Å²) in [4.78, 5) is 16.0. The van der Waals surface area contributed by atoms with Gasteiger partial charge in [-0.25, -0.2) is 15.0 Å².